The zero-order valence-corrected chi connectivity index (χ0v) is 7.39. The van der Waals surface area contributed by atoms with Crippen molar-refractivity contribution in [2.75, 3.05) is 0 Å². The minimum atomic E-state index is -0.938. The number of H-pyrrole nitrogens is 1. The molecule has 2 aromatic rings. The van der Waals surface area contributed by atoms with Crippen LogP contribution >= 0.6 is 0 Å². The molecule has 0 bridgehead atoms. The summed E-state index contributed by atoms with van der Waals surface area (Å²) in [5.41, 5.74) is 5.64. The summed E-state index contributed by atoms with van der Waals surface area (Å²) in [7, 11) is 0. The average Bonchev–Trinajstić information content (AvgIpc) is 2.59. The molecule has 8 nitrogen and oxygen atoms in total. The van der Waals surface area contributed by atoms with Crippen LogP contribution in [0, 0.1) is 0 Å². The van der Waals surface area contributed by atoms with Gasteiger partial charge in [0.15, 0.2) is 11.5 Å². The lowest BCUT2D eigenvalue weighted by atomic mass is 10.5. The van der Waals surface area contributed by atoms with Crippen molar-refractivity contribution in [3.8, 4) is 0 Å². The number of urea groups is 1. The second-order valence-electron chi connectivity index (χ2n) is 2.66. The molecule has 8 heteroatoms. The molecule has 0 saturated carbocycles. The number of nitrogens with two attached hydrogens (primary N) is 1. The van der Waals surface area contributed by atoms with Gasteiger partial charge < -0.3 is 10.7 Å². The van der Waals surface area contributed by atoms with Crippen molar-refractivity contribution in [1.82, 2.24) is 25.3 Å². The van der Waals surface area contributed by atoms with Crippen molar-refractivity contribution < 1.29 is 9.59 Å². The molecule has 0 atom stereocenters. The van der Waals surface area contributed by atoms with E-state index in [0.29, 0.717) is 11.2 Å². The number of carbonyl (C=O) groups is 2. The van der Waals surface area contributed by atoms with Crippen LogP contribution < -0.4 is 11.1 Å². The molecular formula is C7H6N6O2. The van der Waals surface area contributed by atoms with Crippen LogP contribution in [0.1, 0.15) is 10.6 Å². The van der Waals surface area contributed by atoms with E-state index in [0.717, 1.165) is 0 Å². The highest BCUT2D eigenvalue weighted by molar-refractivity contribution is 6.02. The Morgan fingerprint density at radius 3 is 2.93 bits per heavy atom. The Balaban J connectivity index is 2.36. The summed E-state index contributed by atoms with van der Waals surface area (Å²) < 4.78 is 0. The maximum absolute atomic E-state index is 11.3. The normalized spacial score (nSPS) is 10.1. The monoisotopic (exact) mass is 206 g/mol. The number of imide groups is 1. The number of aromatic nitrogens is 4. The Bertz CT molecular complexity index is 500. The van der Waals surface area contributed by atoms with Crippen LogP contribution in [0.4, 0.5) is 4.79 Å². The van der Waals surface area contributed by atoms with Crippen LogP contribution in [0.5, 0.6) is 0 Å². The minimum absolute atomic E-state index is 0.0377. The minimum Gasteiger partial charge on any atom is -0.351 e. The average molecular weight is 206 g/mol. The van der Waals surface area contributed by atoms with Crippen molar-refractivity contribution in [2.45, 2.75) is 0 Å². The van der Waals surface area contributed by atoms with Gasteiger partial charge in [0.1, 0.15) is 11.8 Å². The predicted octanol–water partition coefficient (Wildman–Crippen LogP) is -0.839. The summed E-state index contributed by atoms with van der Waals surface area (Å²) in [6, 6.07) is -0.938. The van der Waals surface area contributed by atoms with Crippen LogP contribution in [0.15, 0.2) is 12.5 Å². The predicted molar refractivity (Wildman–Crippen MR) is 48.7 cm³/mol. The van der Waals surface area contributed by atoms with Gasteiger partial charge in [0.2, 0.25) is 0 Å². The summed E-state index contributed by atoms with van der Waals surface area (Å²) in [4.78, 5) is 35.7. The van der Waals surface area contributed by atoms with Crippen molar-refractivity contribution in [3.05, 3.63) is 18.3 Å². The number of nitrogens with one attached hydrogen (secondary N) is 2. The lowest BCUT2D eigenvalue weighted by Gasteiger charge is -1.94. The Morgan fingerprint density at radius 1 is 1.47 bits per heavy atom. The fourth-order valence-electron chi connectivity index (χ4n) is 1.04. The smallest absolute Gasteiger partial charge is 0.319 e. The van der Waals surface area contributed by atoms with Gasteiger partial charge in [-0.1, -0.05) is 0 Å². The molecule has 76 valence electrons. The largest absolute Gasteiger partial charge is 0.351 e. The van der Waals surface area contributed by atoms with E-state index in [1.165, 1.54) is 12.5 Å². The number of rotatable bonds is 1. The van der Waals surface area contributed by atoms with Gasteiger partial charge in [0, 0.05) is 0 Å². The third kappa shape index (κ3) is 1.73. The summed E-state index contributed by atoms with van der Waals surface area (Å²) in [5.74, 6) is -0.746. The molecule has 0 aliphatic carbocycles. The summed E-state index contributed by atoms with van der Waals surface area (Å²) >= 11 is 0. The lowest BCUT2D eigenvalue weighted by molar-refractivity contribution is 0.0957. The highest BCUT2D eigenvalue weighted by atomic mass is 16.2. The summed E-state index contributed by atoms with van der Waals surface area (Å²) in [6.45, 7) is 0. The van der Waals surface area contributed by atoms with Gasteiger partial charge in [0.05, 0.1) is 6.20 Å². The fraction of sp³-hybridized carbons (Fsp3) is 0. The molecule has 15 heavy (non-hydrogen) atoms. The number of amides is 3. The first-order valence-electron chi connectivity index (χ1n) is 3.93. The van der Waals surface area contributed by atoms with Crippen LogP contribution in [0.3, 0.4) is 0 Å². The van der Waals surface area contributed by atoms with E-state index in [9.17, 15) is 9.59 Å². The van der Waals surface area contributed by atoms with E-state index in [-0.39, 0.29) is 5.82 Å². The second-order valence-corrected chi connectivity index (χ2v) is 2.66. The van der Waals surface area contributed by atoms with E-state index in [4.69, 9.17) is 5.73 Å². The van der Waals surface area contributed by atoms with Gasteiger partial charge in [0.25, 0.3) is 5.91 Å². The van der Waals surface area contributed by atoms with Gasteiger partial charge in [-0.2, -0.15) is 0 Å². The van der Waals surface area contributed by atoms with Crippen molar-refractivity contribution in [1.29, 1.82) is 0 Å². The molecule has 0 saturated heterocycles. The van der Waals surface area contributed by atoms with E-state index >= 15 is 0 Å². The number of carbonyl (C=O) groups excluding carboxylic acids is 2. The van der Waals surface area contributed by atoms with E-state index in [2.05, 4.69) is 19.9 Å². The molecule has 3 amide bonds. The number of imidazole rings is 1. The molecule has 0 spiro atoms. The SMILES string of the molecule is NC(=O)NC(=O)c1nc2ncncc2[nH]1. The number of primary amides is 1. The first-order chi connectivity index (χ1) is 7.16. The van der Waals surface area contributed by atoms with Gasteiger partial charge in [-0.25, -0.2) is 19.7 Å². The molecule has 4 N–H and O–H groups in total. The van der Waals surface area contributed by atoms with E-state index in [1.807, 2.05) is 5.32 Å². The molecule has 0 aliphatic rings. The highest BCUT2D eigenvalue weighted by Gasteiger charge is 2.13. The molecule has 0 aromatic carbocycles. The fourth-order valence-corrected chi connectivity index (χ4v) is 1.04. The quantitative estimate of drug-likeness (QED) is 0.560. The zero-order chi connectivity index (χ0) is 10.8. The van der Waals surface area contributed by atoms with Crippen LogP contribution in [0.2, 0.25) is 0 Å². The number of nitrogens with zero attached hydrogens (tertiary/aromatic N) is 3. The Kier molecular flexibility index (Phi) is 2.01. The van der Waals surface area contributed by atoms with Gasteiger partial charge >= 0.3 is 6.03 Å². The van der Waals surface area contributed by atoms with Crippen molar-refractivity contribution >= 4 is 23.1 Å². The summed E-state index contributed by atoms with van der Waals surface area (Å²) in [6.07, 6.45) is 2.77. The number of hydrogen-bond acceptors (Lipinski definition) is 5. The third-order valence-corrected chi connectivity index (χ3v) is 1.61. The zero-order valence-electron chi connectivity index (χ0n) is 7.39. The standard InChI is InChI=1S/C7H6N6O2/c8-7(15)13-6(14)5-11-3-1-9-2-10-4(3)12-5/h1-2H,(H3,8,13,14,15)(H,9,10,11,12). The topological polar surface area (TPSA) is 127 Å². The van der Waals surface area contributed by atoms with Crippen molar-refractivity contribution in [2.24, 2.45) is 5.73 Å². The summed E-state index contributed by atoms with van der Waals surface area (Å²) in [5, 5.41) is 1.88. The first kappa shape index (κ1) is 9.06. The van der Waals surface area contributed by atoms with Crippen LogP contribution in [-0.4, -0.2) is 31.9 Å². The maximum Gasteiger partial charge on any atom is 0.319 e. The van der Waals surface area contributed by atoms with E-state index in [1.54, 1.807) is 0 Å². The van der Waals surface area contributed by atoms with Gasteiger partial charge in [-0.05, 0) is 0 Å². The molecule has 0 radical (unpaired) electrons. The molecule has 2 aromatic heterocycles. The Labute approximate surface area is 82.9 Å². The third-order valence-electron chi connectivity index (χ3n) is 1.61. The first-order valence-corrected chi connectivity index (χ1v) is 3.93. The second kappa shape index (κ2) is 3.33. The lowest BCUT2D eigenvalue weighted by Crippen LogP contribution is -2.35. The molecule has 0 aliphatic heterocycles. The molecular weight excluding hydrogens is 200 g/mol. The van der Waals surface area contributed by atoms with Crippen LogP contribution in [-0.2, 0) is 0 Å². The van der Waals surface area contributed by atoms with Crippen LogP contribution in [0.25, 0.3) is 11.2 Å². The molecule has 2 heterocycles. The number of hydrogen-bond donors (Lipinski definition) is 3. The maximum atomic E-state index is 11.3. The number of fused-ring (bicyclic) bond motifs is 1. The van der Waals surface area contributed by atoms with Gasteiger partial charge in [-0.15, -0.1) is 0 Å². The Hall–Kier alpha value is -2.51. The van der Waals surface area contributed by atoms with Gasteiger partial charge in [-0.3, -0.25) is 10.1 Å². The number of aromatic amines is 1. The molecule has 2 rings (SSSR count). The Morgan fingerprint density at radius 2 is 2.27 bits per heavy atom. The molecule has 0 unspecified atom stereocenters. The highest BCUT2D eigenvalue weighted by Crippen LogP contribution is 2.05. The van der Waals surface area contributed by atoms with E-state index < -0.39 is 11.9 Å². The molecule has 0 fully saturated rings. The van der Waals surface area contributed by atoms with Crippen molar-refractivity contribution in [3.63, 3.8) is 0 Å².